The summed E-state index contributed by atoms with van der Waals surface area (Å²) in [6.45, 7) is 1.77. The van der Waals surface area contributed by atoms with Crippen molar-refractivity contribution < 1.29 is 9.18 Å². The first-order valence-electron chi connectivity index (χ1n) is 7.57. The molecule has 0 spiro atoms. The number of aromatic nitrogens is 3. The predicted molar refractivity (Wildman–Crippen MR) is 84.0 cm³/mol. The van der Waals surface area contributed by atoms with Gasteiger partial charge in [-0.2, -0.15) is 4.98 Å². The normalized spacial score (nSPS) is 15.6. The fourth-order valence-corrected chi connectivity index (χ4v) is 2.74. The number of halogens is 1. The molecular weight excluding hydrogens is 299 g/mol. The number of carbonyl (C=O) groups excluding carboxylic acids is 1. The van der Waals surface area contributed by atoms with E-state index >= 15 is 0 Å². The Morgan fingerprint density at radius 2 is 2.22 bits per heavy atom. The number of anilines is 2. The number of nitrogens with two attached hydrogens (primary N) is 1. The van der Waals surface area contributed by atoms with Gasteiger partial charge in [-0.3, -0.25) is 4.79 Å². The van der Waals surface area contributed by atoms with E-state index in [2.05, 4.69) is 20.5 Å². The highest BCUT2D eigenvalue weighted by Crippen LogP contribution is 2.21. The molecule has 0 aliphatic carbocycles. The maximum atomic E-state index is 13.1. The smallest absolute Gasteiger partial charge is 0.241 e. The summed E-state index contributed by atoms with van der Waals surface area (Å²) in [5, 5.41) is 9.46. The van der Waals surface area contributed by atoms with E-state index in [1.54, 1.807) is 12.1 Å². The number of carbonyl (C=O) groups is 1. The van der Waals surface area contributed by atoms with Crippen LogP contribution in [0, 0.1) is 11.7 Å². The highest BCUT2D eigenvalue weighted by atomic mass is 19.1. The van der Waals surface area contributed by atoms with Gasteiger partial charge in [0.25, 0.3) is 0 Å². The molecule has 3 rings (SSSR count). The summed E-state index contributed by atoms with van der Waals surface area (Å²) >= 11 is 0. The van der Waals surface area contributed by atoms with E-state index in [9.17, 15) is 9.18 Å². The van der Waals surface area contributed by atoms with Crippen molar-refractivity contribution >= 4 is 17.8 Å². The molecule has 2 aromatic rings. The number of nitrogens with one attached hydrogen (secondary N) is 2. The number of nitrogens with zero attached hydrogens (tertiary/aromatic N) is 3. The molecule has 0 radical (unpaired) electrons. The Hall–Kier alpha value is -2.64. The van der Waals surface area contributed by atoms with Crippen molar-refractivity contribution in [1.29, 1.82) is 0 Å². The van der Waals surface area contributed by atoms with Crippen molar-refractivity contribution in [3.05, 3.63) is 35.6 Å². The summed E-state index contributed by atoms with van der Waals surface area (Å²) in [5.74, 6) is 0.526. The van der Waals surface area contributed by atoms with Gasteiger partial charge in [-0.15, -0.1) is 5.10 Å². The molecule has 1 fully saturated rings. The van der Waals surface area contributed by atoms with Gasteiger partial charge in [-0.1, -0.05) is 12.1 Å². The van der Waals surface area contributed by atoms with Crippen molar-refractivity contribution in [1.82, 2.24) is 20.5 Å². The molecule has 1 aromatic carbocycles. The minimum absolute atomic E-state index is 0.00555. The second kappa shape index (κ2) is 6.64. The number of rotatable bonds is 4. The lowest BCUT2D eigenvalue weighted by Crippen LogP contribution is -2.40. The Morgan fingerprint density at radius 1 is 1.43 bits per heavy atom. The quantitative estimate of drug-likeness (QED) is 0.783. The molecule has 23 heavy (non-hydrogen) atoms. The fraction of sp³-hybridized carbons (Fsp3) is 0.400. The molecule has 1 aliphatic rings. The highest BCUT2D eigenvalue weighted by Gasteiger charge is 2.26. The zero-order valence-electron chi connectivity index (χ0n) is 12.6. The van der Waals surface area contributed by atoms with E-state index < -0.39 is 0 Å². The van der Waals surface area contributed by atoms with Crippen LogP contribution in [0.3, 0.4) is 0 Å². The first-order chi connectivity index (χ1) is 11.1. The molecular formula is C15H19FN6O. The van der Waals surface area contributed by atoms with Crippen LogP contribution < -0.4 is 16.0 Å². The van der Waals surface area contributed by atoms with E-state index in [0.717, 1.165) is 18.4 Å². The molecule has 1 amide bonds. The SMILES string of the molecule is Nc1n[nH]c(N2CCC(C(=O)NCc3cccc(F)c3)CC2)n1. The van der Waals surface area contributed by atoms with Crippen molar-refractivity contribution in [3.8, 4) is 0 Å². The molecule has 1 aliphatic heterocycles. The second-order valence-corrected chi connectivity index (χ2v) is 5.63. The zero-order chi connectivity index (χ0) is 16.2. The summed E-state index contributed by atoms with van der Waals surface area (Å²) in [5.41, 5.74) is 6.25. The van der Waals surface area contributed by atoms with Crippen LogP contribution in [0.15, 0.2) is 24.3 Å². The second-order valence-electron chi connectivity index (χ2n) is 5.63. The van der Waals surface area contributed by atoms with Gasteiger partial charge in [0.15, 0.2) is 0 Å². The van der Waals surface area contributed by atoms with Gasteiger partial charge < -0.3 is 16.0 Å². The summed E-state index contributed by atoms with van der Waals surface area (Å²) in [4.78, 5) is 18.3. The average molecular weight is 318 g/mol. The first-order valence-corrected chi connectivity index (χ1v) is 7.57. The third-order valence-electron chi connectivity index (χ3n) is 4.01. The number of piperidine rings is 1. The monoisotopic (exact) mass is 318 g/mol. The van der Waals surface area contributed by atoms with E-state index in [-0.39, 0.29) is 23.6 Å². The molecule has 0 bridgehead atoms. The van der Waals surface area contributed by atoms with Crippen molar-refractivity contribution in [2.24, 2.45) is 5.92 Å². The largest absolute Gasteiger partial charge is 0.366 e. The van der Waals surface area contributed by atoms with Crippen LogP contribution in [-0.4, -0.2) is 34.2 Å². The summed E-state index contributed by atoms with van der Waals surface area (Å²) in [6.07, 6.45) is 1.46. The number of amides is 1. The summed E-state index contributed by atoms with van der Waals surface area (Å²) < 4.78 is 13.1. The van der Waals surface area contributed by atoms with Crippen LogP contribution in [0.1, 0.15) is 18.4 Å². The molecule has 4 N–H and O–H groups in total. The van der Waals surface area contributed by atoms with Crippen LogP contribution in [-0.2, 0) is 11.3 Å². The molecule has 8 heteroatoms. The minimum atomic E-state index is -0.295. The van der Waals surface area contributed by atoms with Crippen LogP contribution in [0.25, 0.3) is 0 Å². The molecule has 122 valence electrons. The molecule has 1 aromatic heterocycles. The van der Waals surface area contributed by atoms with Crippen LogP contribution in [0.5, 0.6) is 0 Å². The first kappa shape index (κ1) is 15.3. The van der Waals surface area contributed by atoms with Gasteiger partial charge in [0.05, 0.1) is 0 Å². The Balaban J connectivity index is 1.48. The number of nitrogen functional groups attached to an aromatic ring is 1. The topological polar surface area (TPSA) is 99.9 Å². The van der Waals surface area contributed by atoms with Gasteiger partial charge in [0.2, 0.25) is 17.8 Å². The molecule has 0 unspecified atom stereocenters. The fourth-order valence-electron chi connectivity index (χ4n) is 2.74. The molecule has 7 nitrogen and oxygen atoms in total. The van der Waals surface area contributed by atoms with Crippen LogP contribution in [0.4, 0.5) is 16.3 Å². The molecule has 0 saturated carbocycles. The number of aromatic amines is 1. The van der Waals surface area contributed by atoms with E-state index in [1.807, 2.05) is 4.90 Å². The summed E-state index contributed by atoms with van der Waals surface area (Å²) in [7, 11) is 0. The van der Waals surface area contributed by atoms with Crippen molar-refractivity contribution in [2.45, 2.75) is 19.4 Å². The van der Waals surface area contributed by atoms with Crippen molar-refractivity contribution in [3.63, 3.8) is 0 Å². The molecule has 2 heterocycles. The third-order valence-corrected chi connectivity index (χ3v) is 4.01. The minimum Gasteiger partial charge on any atom is -0.366 e. The number of benzene rings is 1. The van der Waals surface area contributed by atoms with Crippen LogP contribution in [0.2, 0.25) is 0 Å². The van der Waals surface area contributed by atoms with E-state index in [4.69, 9.17) is 5.73 Å². The molecule has 1 saturated heterocycles. The number of hydrogen-bond acceptors (Lipinski definition) is 5. The number of H-pyrrole nitrogens is 1. The third kappa shape index (κ3) is 3.77. The maximum absolute atomic E-state index is 13.1. The van der Waals surface area contributed by atoms with Gasteiger partial charge in [-0.25, -0.2) is 9.49 Å². The average Bonchev–Trinajstić information content (AvgIpc) is 2.99. The summed E-state index contributed by atoms with van der Waals surface area (Å²) in [6, 6.07) is 6.24. The van der Waals surface area contributed by atoms with Crippen molar-refractivity contribution in [2.75, 3.05) is 23.7 Å². The van der Waals surface area contributed by atoms with E-state index in [0.29, 0.717) is 25.6 Å². The highest BCUT2D eigenvalue weighted by molar-refractivity contribution is 5.78. The molecule has 0 atom stereocenters. The lowest BCUT2D eigenvalue weighted by atomic mass is 9.96. The van der Waals surface area contributed by atoms with E-state index in [1.165, 1.54) is 12.1 Å². The van der Waals surface area contributed by atoms with Crippen LogP contribution >= 0.6 is 0 Å². The Morgan fingerprint density at radius 3 is 2.87 bits per heavy atom. The Labute approximate surface area is 133 Å². The lowest BCUT2D eigenvalue weighted by molar-refractivity contribution is -0.125. The predicted octanol–water partition coefficient (Wildman–Crippen LogP) is 1.06. The van der Waals surface area contributed by atoms with Gasteiger partial charge in [0.1, 0.15) is 5.82 Å². The number of hydrogen-bond donors (Lipinski definition) is 3. The van der Waals surface area contributed by atoms with Gasteiger partial charge >= 0.3 is 0 Å². The van der Waals surface area contributed by atoms with Gasteiger partial charge in [-0.05, 0) is 30.5 Å². The standard InChI is InChI=1S/C15H19FN6O/c16-12-3-1-2-10(8-12)9-18-13(23)11-4-6-22(7-5-11)15-19-14(17)20-21-15/h1-3,8,11H,4-7,9H2,(H,18,23)(H3,17,19,20,21). The zero-order valence-corrected chi connectivity index (χ0v) is 12.6. The Kier molecular flexibility index (Phi) is 4.40. The van der Waals surface area contributed by atoms with Gasteiger partial charge in [0, 0.05) is 25.6 Å². The Bertz CT molecular complexity index is 680. The lowest BCUT2D eigenvalue weighted by Gasteiger charge is -2.30. The maximum Gasteiger partial charge on any atom is 0.241 e.